The molecule has 28 heavy (non-hydrogen) atoms. The van der Waals surface area contributed by atoms with Crippen LogP contribution in [0.3, 0.4) is 0 Å². The molecule has 0 heterocycles. The standard InChI is InChI=1S/C25H26O3/c1-18(14-20-9-5-4-8-19(15-20)12-13-27-2)25(26)23-16-21-10-6-7-11-22(21)17-24(23)28-3/h4-12,14,16-17,25-26H,1,13,15H2,2-3H3/b19-12-,20-14-. The monoisotopic (exact) mass is 374 g/mol. The van der Waals surface area contributed by atoms with Crippen LogP contribution in [0.4, 0.5) is 0 Å². The summed E-state index contributed by atoms with van der Waals surface area (Å²) in [6, 6.07) is 12.0. The van der Waals surface area contributed by atoms with Crippen LogP contribution in [0, 0.1) is 0 Å². The molecular weight excluding hydrogens is 348 g/mol. The molecule has 2 aromatic rings. The van der Waals surface area contributed by atoms with Crippen molar-refractivity contribution in [1.29, 1.82) is 0 Å². The van der Waals surface area contributed by atoms with Crippen molar-refractivity contribution in [2.75, 3.05) is 20.8 Å². The Morgan fingerprint density at radius 1 is 1.11 bits per heavy atom. The van der Waals surface area contributed by atoms with Crippen LogP contribution in [0.25, 0.3) is 10.8 Å². The quantitative estimate of drug-likeness (QED) is 0.730. The van der Waals surface area contributed by atoms with Gasteiger partial charge in [0.25, 0.3) is 0 Å². The number of fused-ring (bicyclic) bond motifs is 1. The van der Waals surface area contributed by atoms with E-state index in [1.807, 2.05) is 60.7 Å². The predicted octanol–water partition coefficient (Wildman–Crippen LogP) is 5.45. The average molecular weight is 374 g/mol. The number of hydrogen-bond acceptors (Lipinski definition) is 3. The van der Waals surface area contributed by atoms with Crippen LogP contribution in [0.15, 0.2) is 96.2 Å². The molecule has 0 saturated carbocycles. The minimum absolute atomic E-state index is 0.574. The number of allylic oxidation sites excluding steroid dienone is 6. The van der Waals surface area contributed by atoms with Crippen LogP contribution in [0.1, 0.15) is 18.1 Å². The minimum atomic E-state index is -0.844. The van der Waals surface area contributed by atoms with Crippen LogP contribution in [-0.2, 0) is 4.74 Å². The van der Waals surface area contributed by atoms with Gasteiger partial charge in [0, 0.05) is 12.7 Å². The minimum Gasteiger partial charge on any atom is -0.496 e. The van der Waals surface area contributed by atoms with Crippen molar-refractivity contribution in [2.24, 2.45) is 0 Å². The second kappa shape index (κ2) is 9.36. The maximum Gasteiger partial charge on any atom is 0.125 e. The summed E-state index contributed by atoms with van der Waals surface area (Å²) < 4.78 is 10.7. The molecule has 0 amide bonds. The lowest BCUT2D eigenvalue weighted by atomic mass is 9.95. The summed E-state index contributed by atoms with van der Waals surface area (Å²) in [5.41, 5.74) is 3.59. The molecule has 0 saturated heterocycles. The molecule has 0 spiro atoms. The van der Waals surface area contributed by atoms with Crippen molar-refractivity contribution in [2.45, 2.75) is 12.5 Å². The Hall–Kier alpha value is -2.88. The van der Waals surface area contributed by atoms with E-state index < -0.39 is 6.10 Å². The molecule has 0 bridgehead atoms. The molecule has 1 aliphatic rings. The molecule has 3 heteroatoms. The van der Waals surface area contributed by atoms with Gasteiger partial charge in [0.15, 0.2) is 0 Å². The highest BCUT2D eigenvalue weighted by atomic mass is 16.5. The van der Waals surface area contributed by atoms with Gasteiger partial charge in [-0.15, -0.1) is 0 Å². The first-order chi connectivity index (χ1) is 13.6. The summed E-state index contributed by atoms with van der Waals surface area (Å²) in [6.45, 7) is 4.69. The maximum absolute atomic E-state index is 11.0. The molecule has 1 unspecified atom stereocenters. The van der Waals surface area contributed by atoms with Gasteiger partial charge < -0.3 is 14.6 Å². The van der Waals surface area contributed by atoms with Crippen LogP contribution in [0.2, 0.25) is 0 Å². The molecule has 2 aromatic carbocycles. The van der Waals surface area contributed by atoms with Crippen molar-refractivity contribution in [3.8, 4) is 5.75 Å². The van der Waals surface area contributed by atoms with Crippen molar-refractivity contribution in [3.05, 3.63) is 102 Å². The van der Waals surface area contributed by atoms with Gasteiger partial charge >= 0.3 is 0 Å². The fraction of sp³-hybridized carbons (Fsp3) is 0.200. The van der Waals surface area contributed by atoms with Crippen molar-refractivity contribution < 1.29 is 14.6 Å². The van der Waals surface area contributed by atoms with Crippen molar-refractivity contribution in [1.82, 2.24) is 0 Å². The summed E-state index contributed by atoms with van der Waals surface area (Å²) in [6.07, 6.45) is 12.0. The van der Waals surface area contributed by atoms with Gasteiger partial charge in [-0.2, -0.15) is 0 Å². The fourth-order valence-corrected chi connectivity index (χ4v) is 3.29. The van der Waals surface area contributed by atoms with Gasteiger partial charge in [0.1, 0.15) is 11.9 Å². The molecule has 3 rings (SSSR count). The van der Waals surface area contributed by atoms with E-state index >= 15 is 0 Å². The molecular formula is C25H26O3. The van der Waals surface area contributed by atoms with Gasteiger partial charge in [0.05, 0.1) is 13.7 Å². The summed E-state index contributed by atoms with van der Waals surface area (Å²) in [5, 5.41) is 13.1. The zero-order valence-electron chi connectivity index (χ0n) is 16.4. The first-order valence-corrected chi connectivity index (χ1v) is 9.29. The second-order valence-corrected chi connectivity index (χ2v) is 6.77. The molecule has 144 valence electrons. The molecule has 1 aliphatic carbocycles. The van der Waals surface area contributed by atoms with E-state index in [0.717, 1.165) is 22.8 Å². The summed E-state index contributed by atoms with van der Waals surface area (Å²) in [4.78, 5) is 0. The lowest BCUT2D eigenvalue weighted by molar-refractivity contribution is 0.214. The van der Waals surface area contributed by atoms with E-state index in [4.69, 9.17) is 9.47 Å². The Morgan fingerprint density at radius 3 is 2.46 bits per heavy atom. The Labute approximate surface area is 166 Å². The Bertz CT molecular complexity index is 976. The zero-order chi connectivity index (χ0) is 19.9. The Morgan fingerprint density at radius 2 is 1.79 bits per heavy atom. The molecule has 1 atom stereocenters. The predicted molar refractivity (Wildman–Crippen MR) is 116 cm³/mol. The Kier molecular flexibility index (Phi) is 6.64. The third-order valence-corrected chi connectivity index (χ3v) is 4.77. The van der Waals surface area contributed by atoms with Gasteiger partial charge in [-0.25, -0.2) is 0 Å². The van der Waals surface area contributed by atoms with E-state index in [-0.39, 0.29) is 0 Å². The number of methoxy groups -OCH3 is 2. The highest BCUT2D eigenvalue weighted by molar-refractivity contribution is 5.85. The third-order valence-electron chi connectivity index (χ3n) is 4.77. The SMILES string of the molecule is C=C(/C=C1/C=CC=C/C(=C/COC)C1)C(O)c1cc2ccccc2cc1OC. The summed E-state index contributed by atoms with van der Waals surface area (Å²) in [5.74, 6) is 0.657. The number of aliphatic hydroxyl groups is 1. The van der Waals surface area contributed by atoms with Gasteiger partial charge in [-0.1, -0.05) is 67.3 Å². The molecule has 1 N–H and O–H groups in total. The highest BCUT2D eigenvalue weighted by Gasteiger charge is 2.17. The Balaban J connectivity index is 1.88. The summed E-state index contributed by atoms with van der Waals surface area (Å²) in [7, 11) is 3.30. The number of rotatable bonds is 6. The van der Waals surface area contributed by atoms with Gasteiger partial charge in [0.2, 0.25) is 0 Å². The lowest BCUT2D eigenvalue weighted by Gasteiger charge is -2.17. The maximum atomic E-state index is 11.0. The smallest absolute Gasteiger partial charge is 0.125 e. The first-order valence-electron chi connectivity index (χ1n) is 9.29. The molecule has 0 fully saturated rings. The molecule has 0 aliphatic heterocycles. The van der Waals surface area contributed by atoms with Crippen molar-refractivity contribution in [3.63, 3.8) is 0 Å². The number of benzene rings is 2. The van der Waals surface area contributed by atoms with Crippen LogP contribution in [-0.4, -0.2) is 25.9 Å². The van der Waals surface area contributed by atoms with E-state index in [9.17, 15) is 5.11 Å². The van der Waals surface area contributed by atoms with Crippen LogP contribution >= 0.6 is 0 Å². The van der Waals surface area contributed by atoms with E-state index in [1.54, 1.807) is 14.2 Å². The normalized spacial score (nSPS) is 17.8. The first kappa shape index (κ1) is 19.9. The van der Waals surface area contributed by atoms with Gasteiger partial charge in [-0.3, -0.25) is 0 Å². The largest absolute Gasteiger partial charge is 0.496 e. The number of hydrogen-bond donors (Lipinski definition) is 1. The number of ether oxygens (including phenoxy) is 2. The molecule has 0 radical (unpaired) electrons. The van der Waals surface area contributed by atoms with Crippen molar-refractivity contribution >= 4 is 10.8 Å². The van der Waals surface area contributed by atoms with Gasteiger partial charge in [-0.05, 0) is 46.0 Å². The van der Waals surface area contributed by atoms with Crippen LogP contribution < -0.4 is 4.74 Å². The van der Waals surface area contributed by atoms with Crippen LogP contribution in [0.5, 0.6) is 5.75 Å². The van der Waals surface area contributed by atoms with E-state index in [2.05, 4.69) is 18.7 Å². The molecule has 3 nitrogen and oxygen atoms in total. The summed E-state index contributed by atoms with van der Waals surface area (Å²) >= 11 is 0. The highest BCUT2D eigenvalue weighted by Crippen LogP contribution is 2.34. The number of aliphatic hydroxyl groups excluding tert-OH is 1. The van der Waals surface area contributed by atoms with E-state index in [0.29, 0.717) is 23.5 Å². The topological polar surface area (TPSA) is 38.7 Å². The fourth-order valence-electron chi connectivity index (χ4n) is 3.29. The second-order valence-electron chi connectivity index (χ2n) is 6.77. The van der Waals surface area contributed by atoms with E-state index in [1.165, 1.54) is 5.57 Å². The zero-order valence-corrected chi connectivity index (χ0v) is 16.4. The lowest BCUT2D eigenvalue weighted by Crippen LogP contribution is -2.03. The average Bonchev–Trinajstić information content (AvgIpc) is 2.95. The molecule has 0 aromatic heterocycles. The third kappa shape index (κ3) is 4.69.